The molecule has 2 atom stereocenters. The van der Waals surface area contributed by atoms with Crippen LogP contribution in [0.3, 0.4) is 0 Å². The second kappa shape index (κ2) is 2.84. The van der Waals surface area contributed by atoms with Crippen molar-refractivity contribution in [1.82, 2.24) is 0 Å². The molecule has 1 fully saturated rings. The van der Waals surface area contributed by atoms with Gasteiger partial charge in [-0.25, -0.2) is 0 Å². The Morgan fingerprint density at radius 3 is 2.33 bits per heavy atom. The minimum absolute atomic E-state index is 0.00579. The molecule has 0 aromatic heterocycles. The lowest BCUT2D eigenvalue weighted by atomic mass is 9.68. The quantitative estimate of drug-likeness (QED) is 0.641. The van der Waals surface area contributed by atoms with Crippen molar-refractivity contribution in [3.63, 3.8) is 0 Å². The van der Waals surface area contributed by atoms with Crippen LogP contribution in [0.4, 0.5) is 0 Å². The molecular formula is C10H18O2. The molecule has 0 heterocycles. The Morgan fingerprint density at radius 2 is 2.00 bits per heavy atom. The summed E-state index contributed by atoms with van der Waals surface area (Å²) in [4.78, 5) is 10.5. The Labute approximate surface area is 74.0 Å². The molecule has 0 unspecified atom stereocenters. The maximum Gasteiger partial charge on any atom is 0.120 e. The highest BCUT2D eigenvalue weighted by molar-refractivity contribution is 5.51. The van der Waals surface area contributed by atoms with Crippen LogP contribution < -0.4 is 0 Å². The van der Waals surface area contributed by atoms with E-state index in [0.717, 1.165) is 19.1 Å². The van der Waals surface area contributed by atoms with Crippen LogP contribution in [0, 0.1) is 10.8 Å². The van der Waals surface area contributed by atoms with E-state index < -0.39 is 0 Å². The van der Waals surface area contributed by atoms with E-state index in [1.54, 1.807) is 0 Å². The van der Waals surface area contributed by atoms with E-state index in [-0.39, 0.29) is 16.9 Å². The molecule has 0 amide bonds. The van der Waals surface area contributed by atoms with Gasteiger partial charge < -0.3 is 9.90 Å². The van der Waals surface area contributed by atoms with E-state index in [0.29, 0.717) is 6.42 Å². The zero-order valence-corrected chi connectivity index (χ0v) is 8.13. The van der Waals surface area contributed by atoms with Crippen LogP contribution in [0.5, 0.6) is 0 Å². The average molecular weight is 170 g/mol. The van der Waals surface area contributed by atoms with Gasteiger partial charge in [-0.1, -0.05) is 20.8 Å². The standard InChI is InChI=1S/C10H18O2/c1-9(2)6-8(12)7-10(9,3)4-5-11/h5,8,12H,4,6-7H2,1-3H3/t8-,10-/m1/s1. The zero-order chi connectivity index (χ0) is 9.41. The molecule has 0 aromatic rings. The molecule has 1 aliphatic carbocycles. The maximum atomic E-state index is 10.5. The van der Waals surface area contributed by atoms with Crippen molar-refractivity contribution in [3.05, 3.63) is 0 Å². The lowest BCUT2D eigenvalue weighted by molar-refractivity contribution is -0.111. The van der Waals surface area contributed by atoms with Gasteiger partial charge in [0.05, 0.1) is 6.10 Å². The van der Waals surface area contributed by atoms with E-state index in [9.17, 15) is 9.90 Å². The molecule has 12 heavy (non-hydrogen) atoms. The minimum atomic E-state index is -0.218. The predicted octanol–water partition coefficient (Wildman–Crippen LogP) is 1.76. The van der Waals surface area contributed by atoms with Crippen molar-refractivity contribution >= 4 is 6.29 Å². The fraction of sp³-hybridized carbons (Fsp3) is 0.900. The van der Waals surface area contributed by atoms with Gasteiger partial charge in [0.25, 0.3) is 0 Å². The number of hydrogen-bond donors (Lipinski definition) is 1. The third kappa shape index (κ3) is 1.40. The molecule has 1 aliphatic rings. The van der Waals surface area contributed by atoms with Crippen LogP contribution in [-0.4, -0.2) is 17.5 Å². The first kappa shape index (κ1) is 9.72. The van der Waals surface area contributed by atoms with Gasteiger partial charge >= 0.3 is 0 Å². The Bertz CT molecular complexity index is 186. The highest BCUT2D eigenvalue weighted by Crippen LogP contribution is 2.53. The number of aliphatic hydroxyl groups is 1. The molecule has 0 saturated heterocycles. The van der Waals surface area contributed by atoms with Gasteiger partial charge in [-0.15, -0.1) is 0 Å². The Balaban J connectivity index is 2.81. The number of hydrogen-bond acceptors (Lipinski definition) is 2. The molecule has 70 valence electrons. The lowest BCUT2D eigenvalue weighted by Gasteiger charge is -2.36. The minimum Gasteiger partial charge on any atom is -0.393 e. The molecule has 1 saturated carbocycles. The summed E-state index contributed by atoms with van der Waals surface area (Å²) in [5.41, 5.74) is 0.0848. The average Bonchev–Trinajstić information content (AvgIpc) is 2.02. The smallest absolute Gasteiger partial charge is 0.120 e. The third-order valence-electron chi connectivity index (χ3n) is 3.60. The SMILES string of the molecule is CC1(C)C[C@@H](O)C[C@@]1(C)CC=O. The summed E-state index contributed by atoms with van der Waals surface area (Å²) in [5.74, 6) is 0. The van der Waals surface area contributed by atoms with E-state index >= 15 is 0 Å². The molecule has 1 N–H and O–H groups in total. The monoisotopic (exact) mass is 170 g/mol. The van der Waals surface area contributed by atoms with Crippen molar-refractivity contribution in [2.45, 2.75) is 46.1 Å². The van der Waals surface area contributed by atoms with Crippen molar-refractivity contribution in [1.29, 1.82) is 0 Å². The molecule has 0 aliphatic heterocycles. The number of carbonyl (C=O) groups is 1. The van der Waals surface area contributed by atoms with Gasteiger partial charge in [0.15, 0.2) is 0 Å². The van der Waals surface area contributed by atoms with E-state index in [1.165, 1.54) is 0 Å². The predicted molar refractivity (Wildman–Crippen MR) is 47.8 cm³/mol. The number of aliphatic hydroxyl groups excluding tert-OH is 1. The van der Waals surface area contributed by atoms with E-state index in [4.69, 9.17) is 0 Å². The second-order valence-corrected chi connectivity index (χ2v) is 4.88. The first-order valence-electron chi connectivity index (χ1n) is 4.53. The summed E-state index contributed by atoms with van der Waals surface area (Å²) in [6.45, 7) is 6.36. The first-order valence-corrected chi connectivity index (χ1v) is 4.53. The molecule has 0 spiro atoms. The van der Waals surface area contributed by atoms with E-state index in [2.05, 4.69) is 20.8 Å². The molecule has 2 heteroatoms. The summed E-state index contributed by atoms with van der Waals surface area (Å²) in [5, 5.41) is 9.51. The zero-order valence-electron chi connectivity index (χ0n) is 8.13. The molecule has 0 radical (unpaired) electrons. The maximum absolute atomic E-state index is 10.5. The highest BCUT2D eigenvalue weighted by Gasteiger charge is 2.48. The van der Waals surface area contributed by atoms with Crippen molar-refractivity contribution in [3.8, 4) is 0 Å². The Kier molecular flexibility index (Phi) is 2.30. The number of rotatable bonds is 2. The van der Waals surface area contributed by atoms with Gasteiger partial charge in [0.2, 0.25) is 0 Å². The van der Waals surface area contributed by atoms with Crippen LogP contribution in [0.2, 0.25) is 0 Å². The Hall–Kier alpha value is -0.370. The van der Waals surface area contributed by atoms with Crippen LogP contribution >= 0.6 is 0 Å². The molecule has 0 aromatic carbocycles. The first-order chi connectivity index (χ1) is 5.41. The van der Waals surface area contributed by atoms with Crippen LogP contribution in [0.15, 0.2) is 0 Å². The molecule has 2 nitrogen and oxygen atoms in total. The van der Waals surface area contributed by atoms with Gasteiger partial charge in [0.1, 0.15) is 6.29 Å². The van der Waals surface area contributed by atoms with Crippen molar-refractivity contribution in [2.75, 3.05) is 0 Å². The van der Waals surface area contributed by atoms with Gasteiger partial charge in [-0.05, 0) is 23.7 Å². The number of aldehydes is 1. The summed E-state index contributed by atoms with van der Waals surface area (Å²) in [6.07, 6.45) is 2.90. The largest absolute Gasteiger partial charge is 0.393 e. The topological polar surface area (TPSA) is 37.3 Å². The molecule has 0 bridgehead atoms. The van der Waals surface area contributed by atoms with Crippen LogP contribution in [0.1, 0.15) is 40.0 Å². The van der Waals surface area contributed by atoms with E-state index in [1.807, 2.05) is 0 Å². The van der Waals surface area contributed by atoms with Gasteiger partial charge in [0, 0.05) is 6.42 Å². The van der Waals surface area contributed by atoms with Gasteiger partial charge in [-0.2, -0.15) is 0 Å². The Morgan fingerprint density at radius 1 is 1.42 bits per heavy atom. The summed E-state index contributed by atoms with van der Waals surface area (Å²) < 4.78 is 0. The fourth-order valence-electron chi connectivity index (χ4n) is 2.25. The highest BCUT2D eigenvalue weighted by atomic mass is 16.3. The normalized spacial score (nSPS) is 39.8. The fourth-order valence-corrected chi connectivity index (χ4v) is 2.25. The van der Waals surface area contributed by atoms with Crippen LogP contribution in [0.25, 0.3) is 0 Å². The molecular weight excluding hydrogens is 152 g/mol. The lowest BCUT2D eigenvalue weighted by Crippen LogP contribution is -2.29. The summed E-state index contributed by atoms with van der Waals surface area (Å²) in [6, 6.07) is 0. The van der Waals surface area contributed by atoms with Crippen molar-refractivity contribution < 1.29 is 9.90 Å². The number of carbonyl (C=O) groups excluding carboxylic acids is 1. The van der Waals surface area contributed by atoms with Crippen molar-refractivity contribution in [2.24, 2.45) is 10.8 Å². The third-order valence-corrected chi connectivity index (χ3v) is 3.60. The van der Waals surface area contributed by atoms with Gasteiger partial charge in [-0.3, -0.25) is 0 Å². The second-order valence-electron chi connectivity index (χ2n) is 4.88. The summed E-state index contributed by atoms with van der Waals surface area (Å²) >= 11 is 0. The molecule has 1 rings (SSSR count). The summed E-state index contributed by atoms with van der Waals surface area (Å²) in [7, 11) is 0. The van der Waals surface area contributed by atoms with Crippen LogP contribution in [-0.2, 0) is 4.79 Å².